The Balaban J connectivity index is 2.29. The van der Waals surface area contributed by atoms with E-state index in [1.807, 2.05) is 0 Å². The first-order chi connectivity index (χ1) is 16.2. The van der Waals surface area contributed by atoms with Crippen molar-refractivity contribution in [2.45, 2.75) is 29.4 Å². The van der Waals surface area contributed by atoms with Crippen LogP contribution in [0.2, 0.25) is 0 Å². The van der Waals surface area contributed by atoms with Gasteiger partial charge in [-0.05, 0) is 49.0 Å². The summed E-state index contributed by atoms with van der Waals surface area (Å²) >= 11 is -0.903. The average molecular weight is 534 g/mol. The van der Waals surface area contributed by atoms with E-state index in [0.29, 0.717) is 23.1 Å². The lowest BCUT2D eigenvalue weighted by Crippen LogP contribution is -2.45. The lowest BCUT2D eigenvalue weighted by Gasteiger charge is -2.24. The monoisotopic (exact) mass is 534 g/mol. The van der Waals surface area contributed by atoms with E-state index in [0.717, 1.165) is 18.2 Å². The lowest BCUT2D eigenvalue weighted by atomic mass is 10.2. The van der Waals surface area contributed by atoms with Gasteiger partial charge in [0.05, 0.1) is 5.69 Å². The van der Waals surface area contributed by atoms with Gasteiger partial charge in [-0.3, -0.25) is 15.0 Å². The number of urea groups is 1. The minimum atomic E-state index is -5.87. The number of nitrogens with one attached hydrogen (secondary N) is 1. The second kappa shape index (κ2) is 11.2. The molecule has 0 heterocycles. The van der Waals surface area contributed by atoms with E-state index in [9.17, 15) is 49.1 Å². The van der Waals surface area contributed by atoms with Crippen LogP contribution in [0, 0.1) is 17.5 Å². The molecule has 0 bridgehead atoms. The maximum atomic E-state index is 14.6. The van der Waals surface area contributed by atoms with E-state index in [1.54, 1.807) is 5.32 Å². The Morgan fingerprint density at radius 1 is 1.03 bits per heavy atom. The zero-order valence-corrected chi connectivity index (χ0v) is 18.3. The van der Waals surface area contributed by atoms with Gasteiger partial charge in [-0.1, -0.05) is 6.07 Å². The number of ether oxygens (including phenoxy) is 1. The summed E-state index contributed by atoms with van der Waals surface area (Å²) in [4.78, 5) is 24.3. The first-order valence-corrected chi connectivity index (χ1v) is 10.2. The number of halogens is 9. The molecule has 2 aromatic rings. The molecule has 0 fully saturated rings. The van der Waals surface area contributed by atoms with Gasteiger partial charge in [-0.2, -0.15) is 22.0 Å². The van der Waals surface area contributed by atoms with Crippen LogP contribution < -0.4 is 10.2 Å². The van der Waals surface area contributed by atoms with Crippen LogP contribution in [0.15, 0.2) is 41.3 Å². The van der Waals surface area contributed by atoms with Crippen LogP contribution in [0.3, 0.4) is 0 Å². The summed E-state index contributed by atoms with van der Waals surface area (Å²) in [6.45, 7) is 0.717. The molecule has 1 N–H and O–H groups in total. The van der Waals surface area contributed by atoms with Crippen molar-refractivity contribution in [3.63, 3.8) is 0 Å². The van der Waals surface area contributed by atoms with Gasteiger partial charge in [0.25, 0.3) is 12.1 Å². The first-order valence-electron chi connectivity index (χ1n) is 9.40. The van der Waals surface area contributed by atoms with Gasteiger partial charge >= 0.3 is 17.5 Å². The molecule has 1 atom stereocenters. The molecule has 0 aliphatic heterocycles. The molecule has 3 amide bonds. The zero-order valence-electron chi connectivity index (χ0n) is 17.4. The second-order valence-corrected chi connectivity index (χ2v) is 7.81. The van der Waals surface area contributed by atoms with Crippen LogP contribution in [0.1, 0.15) is 17.3 Å². The highest BCUT2D eigenvalue weighted by molar-refractivity contribution is 8.00. The highest BCUT2D eigenvalue weighted by Crippen LogP contribution is 2.46. The normalized spacial score (nSPS) is 12.9. The van der Waals surface area contributed by atoms with Gasteiger partial charge in [-0.25, -0.2) is 22.4 Å². The summed E-state index contributed by atoms with van der Waals surface area (Å²) in [5.74, 6) is -5.57. The quantitative estimate of drug-likeness (QED) is 0.255. The van der Waals surface area contributed by atoms with Crippen LogP contribution in [0.25, 0.3) is 0 Å². The molecule has 0 aliphatic carbocycles. The number of anilines is 1. The SMILES string of the molecule is CCOCN(C(=O)NC(=O)c1c(F)cccc1F)c1ccc(SC(F)(F)C(F)C(F)(F)F)cc1F. The number of alkyl halides is 6. The summed E-state index contributed by atoms with van der Waals surface area (Å²) < 4.78 is 124. The molecule has 2 aromatic carbocycles. The minimum absolute atomic E-state index is 0.0310. The Kier molecular flexibility index (Phi) is 9.06. The van der Waals surface area contributed by atoms with Crippen LogP contribution in [-0.2, 0) is 4.74 Å². The third-order valence-corrected chi connectivity index (χ3v) is 5.09. The van der Waals surface area contributed by atoms with Gasteiger partial charge in [-0.15, -0.1) is 0 Å². The fourth-order valence-corrected chi connectivity index (χ4v) is 3.38. The molecular formula is C20H15F9N2O3S. The molecule has 0 saturated carbocycles. The number of hydrogen-bond donors (Lipinski definition) is 1. The Morgan fingerprint density at radius 2 is 1.63 bits per heavy atom. The average Bonchev–Trinajstić information content (AvgIpc) is 2.73. The number of carbonyl (C=O) groups is 2. The maximum Gasteiger partial charge on any atom is 0.426 e. The van der Waals surface area contributed by atoms with E-state index in [-0.39, 0.29) is 6.61 Å². The van der Waals surface area contributed by atoms with Crippen molar-refractivity contribution in [2.24, 2.45) is 0 Å². The number of thioether (sulfide) groups is 1. The predicted molar refractivity (Wildman–Crippen MR) is 106 cm³/mol. The fraction of sp³-hybridized carbons (Fsp3) is 0.300. The third-order valence-electron chi connectivity index (χ3n) is 4.13. The summed E-state index contributed by atoms with van der Waals surface area (Å²) in [6.07, 6.45) is -10.4. The number of amides is 3. The van der Waals surface area contributed by atoms with Gasteiger partial charge < -0.3 is 4.74 Å². The molecule has 192 valence electrons. The van der Waals surface area contributed by atoms with Crippen molar-refractivity contribution in [2.75, 3.05) is 18.2 Å². The molecule has 35 heavy (non-hydrogen) atoms. The summed E-state index contributed by atoms with van der Waals surface area (Å²) in [5.41, 5.74) is -1.81. The number of nitrogens with zero attached hydrogens (tertiary/aromatic N) is 1. The van der Waals surface area contributed by atoms with E-state index in [1.165, 1.54) is 6.92 Å². The summed E-state index contributed by atoms with van der Waals surface area (Å²) in [7, 11) is 0. The third kappa shape index (κ3) is 7.04. The number of benzene rings is 2. The molecule has 1 unspecified atom stereocenters. The molecule has 0 radical (unpaired) electrons. The summed E-state index contributed by atoms with van der Waals surface area (Å²) in [5, 5.41) is -3.38. The van der Waals surface area contributed by atoms with E-state index in [2.05, 4.69) is 0 Å². The fourth-order valence-electron chi connectivity index (χ4n) is 2.53. The molecule has 0 aliphatic rings. The number of hydrogen-bond acceptors (Lipinski definition) is 4. The van der Waals surface area contributed by atoms with Crippen LogP contribution >= 0.6 is 11.8 Å². The van der Waals surface area contributed by atoms with E-state index < -0.39 is 81.6 Å². The van der Waals surface area contributed by atoms with Crippen molar-refractivity contribution in [1.82, 2.24) is 5.32 Å². The van der Waals surface area contributed by atoms with Crippen molar-refractivity contribution >= 4 is 29.4 Å². The van der Waals surface area contributed by atoms with Crippen molar-refractivity contribution in [1.29, 1.82) is 0 Å². The number of carbonyl (C=O) groups excluding carboxylic acids is 2. The zero-order chi connectivity index (χ0) is 26.6. The van der Waals surface area contributed by atoms with Crippen molar-refractivity contribution < 1.29 is 53.8 Å². The van der Waals surface area contributed by atoms with Crippen molar-refractivity contribution in [3.05, 3.63) is 59.4 Å². The van der Waals surface area contributed by atoms with Crippen LogP contribution in [-0.4, -0.2) is 42.9 Å². The number of rotatable bonds is 8. The first kappa shape index (κ1) is 28.3. The highest BCUT2D eigenvalue weighted by atomic mass is 32.2. The second-order valence-electron chi connectivity index (χ2n) is 6.59. The van der Waals surface area contributed by atoms with Gasteiger partial charge in [0.1, 0.15) is 29.7 Å². The standard InChI is InChI=1S/C20H15F9N2O3S/c1-2-34-9-31(18(33)30-16(32)15-11(21)4-3-5-12(15)22)14-7-6-10(8-13(14)23)35-20(28,29)17(24)19(25,26)27/h3-8,17H,2,9H2,1H3,(H,30,32,33). The molecule has 0 aromatic heterocycles. The minimum Gasteiger partial charge on any atom is -0.361 e. The summed E-state index contributed by atoms with van der Waals surface area (Å²) in [6, 6.07) is 2.67. The van der Waals surface area contributed by atoms with Gasteiger partial charge in [0.2, 0.25) is 0 Å². The topological polar surface area (TPSA) is 58.6 Å². The van der Waals surface area contributed by atoms with E-state index >= 15 is 0 Å². The Labute approximate surface area is 196 Å². The van der Waals surface area contributed by atoms with Gasteiger partial charge in [0.15, 0.2) is 0 Å². The van der Waals surface area contributed by atoms with Crippen LogP contribution in [0.5, 0.6) is 0 Å². The molecule has 5 nitrogen and oxygen atoms in total. The van der Waals surface area contributed by atoms with Crippen LogP contribution in [0.4, 0.5) is 50.0 Å². The lowest BCUT2D eigenvalue weighted by molar-refractivity contribution is -0.219. The predicted octanol–water partition coefficient (Wildman–Crippen LogP) is 6.04. The largest absolute Gasteiger partial charge is 0.426 e. The molecule has 2 rings (SSSR count). The van der Waals surface area contributed by atoms with Gasteiger partial charge in [0, 0.05) is 11.5 Å². The molecule has 0 spiro atoms. The van der Waals surface area contributed by atoms with E-state index in [4.69, 9.17) is 4.74 Å². The Hall–Kier alpha value is -2.94. The molecular weight excluding hydrogens is 519 g/mol. The number of imide groups is 1. The maximum absolute atomic E-state index is 14.6. The smallest absolute Gasteiger partial charge is 0.361 e. The molecule has 15 heteroatoms. The Morgan fingerprint density at radius 3 is 2.14 bits per heavy atom. The van der Waals surface area contributed by atoms with Crippen molar-refractivity contribution in [3.8, 4) is 0 Å². The Bertz CT molecular complexity index is 1060. The molecule has 0 saturated heterocycles. The highest BCUT2D eigenvalue weighted by Gasteiger charge is 2.57.